The SMILES string of the molecule is COc1ccc(C)cc1S(=O)(=O)N/N=C/c1ccc(C)cc1. The first-order valence-corrected chi connectivity index (χ1v) is 8.17. The van der Waals surface area contributed by atoms with Gasteiger partial charge in [0.2, 0.25) is 0 Å². The zero-order valence-electron chi connectivity index (χ0n) is 12.7. The summed E-state index contributed by atoms with van der Waals surface area (Å²) in [5.74, 6) is 0.281. The fraction of sp³-hybridized carbons (Fsp3) is 0.188. The van der Waals surface area contributed by atoms with Crippen LogP contribution in [0.1, 0.15) is 16.7 Å². The van der Waals surface area contributed by atoms with Gasteiger partial charge >= 0.3 is 0 Å². The van der Waals surface area contributed by atoms with Crippen molar-refractivity contribution in [2.75, 3.05) is 7.11 Å². The highest BCUT2D eigenvalue weighted by molar-refractivity contribution is 7.89. The predicted octanol–water partition coefficient (Wildman–Crippen LogP) is 2.62. The summed E-state index contributed by atoms with van der Waals surface area (Å²) in [5, 5.41) is 3.81. The van der Waals surface area contributed by atoms with Crippen LogP contribution in [0, 0.1) is 13.8 Å². The first-order chi connectivity index (χ1) is 10.4. The average Bonchev–Trinajstić information content (AvgIpc) is 2.49. The van der Waals surface area contributed by atoms with E-state index in [-0.39, 0.29) is 10.6 Å². The van der Waals surface area contributed by atoms with Crippen LogP contribution in [0.2, 0.25) is 0 Å². The Morgan fingerprint density at radius 1 is 1.05 bits per heavy atom. The van der Waals surface area contributed by atoms with Crippen LogP contribution in [-0.2, 0) is 10.0 Å². The second-order valence-corrected chi connectivity index (χ2v) is 6.55. The van der Waals surface area contributed by atoms with Crippen LogP contribution < -0.4 is 9.57 Å². The van der Waals surface area contributed by atoms with Crippen LogP contribution in [-0.4, -0.2) is 21.7 Å². The number of aryl methyl sites for hydroxylation is 2. The fourth-order valence-electron chi connectivity index (χ4n) is 1.87. The number of sulfonamides is 1. The summed E-state index contributed by atoms with van der Waals surface area (Å²) in [6.45, 7) is 3.79. The molecule has 0 aliphatic carbocycles. The molecule has 0 atom stereocenters. The van der Waals surface area contributed by atoms with Gasteiger partial charge in [0.15, 0.2) is 0 Å². The molecule has 0 fully saturated rings. The van der Waals surface area contributed by atoms with Gasteiger partial charge in [0.1, 0.15) is 10.6 Å². The molecule has 0 spiro atoms. The summed E-state index contributed by atoms with van der Waals surface area (Å²) in [7, 11) is -2.35. The van der Waals surface area contributed by atoms with Gasteiger partial charge in [-0.2, -0.15) is 18.4 Å². The van der Waals surface area contributed by atoms with Crippen molar-refractivity contribution in [2.45, 2.75) is 18.7 Å². The third-order valence-electron chi connectivity index (χ3n) is 3.07. The monoisotopic (exact) mass is 318 g/mol. The van der Waals surface area contributed by atoms with Gasteiger partial charge in [-0.05, 0) is 37.1 Å². The Hall–Kier alpha value is -2.34. The van der Waals surface area contributed by atoms with E-state index in [9.17, 15) is 8.42 Å². The summed E-state index contributed by atoms with van der Waals surface area (Å²) < 4.78 is 29.7. The molecular weight excluding hydrogens is 300 g/mol. The molecule has 0 aromatic heterocycles. The average molecular weight is 318 g/mol. The molecule has 0 unspecified atom stereocenters. The van der Waals surface area contributed by atoms with Crippen molar-refractivity contribution in [1.82, 2.24) is 4.83 Å². The molecule has 0 saturated heterocycles. The first kappa shape index (κ1) is 16.0. The molecule has 0 bridgehead atoms. The van der Waals surface area contributed by atoms with E-state index in [2.05, 4.69) is 9.93 Å². The van der Waals surface area contributed by atoms with Gasteiger partial charge in [-0.3, -0.25) is 0 Å². The Kier molecular flexibility index (Phi) is 4.82. The van der Waals surface area contributed by atoms with Crippen LogP contribution in [0.25, 0.3) is 0 Å². The normalized spacial score (nSPS) is 11.6. The van der Waals surface area contributed by atoms with Crippen LogP contribution in [0.4, 0.5) is 0 Å². The number of methoxy groups -OCH3 is 1. The lowest BCUT2D eigenvalue weighted by atomic mass is 10.2. The minimum Gasteiger partial charge on any atom is -0.495 e. The Balaban J connectivity index is 2.21. The van der Waals surface area contributed by atoms with Crippen LogP contribution in [0.5, 0.6) is 5.75 Å². The first-order valence-electron chi connectivity index (χ1n) is 6.68. The van der Waals surface area contributed by atoms with Gasteiger partial charge < -0.3 is 4.74 Å². The Bertz CT molecular complexity index is 782. The number of hydrogen-bond acceptors (Lipinski definition) is 4. The lowest BCUT2D eigenvalue weighted by molar-refractivity contribution is 0.402. The van der Waals surface area contributed by atoms with Crippen LogP contribution >= 0.6 is 0 Å². The standard InChI is InChI=1S/C16H18N2O3S/c1-12-4-7-14(8-5-12)11-17-18-22(19,20)16-10-13(2)6-9-15(16)21-3/h4-11,18H,1-3H3/b17-11+. The minimum absolute atomic E-state index is 0.0658. The van der Waals surface area contributed by atoms with Crippen molar-refractivity contribution in [1.29, 1.82) is 0 Å². The molecule has 2 rings (SSSR count). The number of ether oxygens (including phenoxy) is 1. The predicted molar refractivity (Wildman–Crippen MR) is 86.8 cm³/mol. The quantitative estimate of drug-likeness (QED) is 0.680. The minimum atomic E-state index is -3.78. The molecule has 0 aliphatic heterocycles. The van der Waals surface area contributed by atoms with E-state index in [1.165, 1.54) is 13.3 Å². The molecule has 0 aliphatic rings. The molecule has 2 aromatic carbocycles. The van der Waals surface area contributed by atoms with Crippen molar-refractivity contribution < 1.29 is 13.2 Å². The number of benzene rings is 2. The van der Waals surface area contributed by atoms with Crippen molar-refractivity contribution >= 4 is 16.2 Å². The van der Waals surface area contributed by atoms with Crippen molar-refractivity contribution in [2.24, 2.45) is 5.10 Å². The van der Waals surface area contributed by atoms with E-state index in [0.29, 0.717) is 0 Å². The highest BCUT2D eigenvalue weighted by atomic mass is 32.2. The molecule has 0 amide bonds. The van der Waals surface area contributed by atoms with Gasteiger partial charge in [0.25, 0.3) is 10.0 Å². The molecule has 6 heteroatoms. The number of nitrogens with one attached hydrogen (secondary N) is 1. The third-order valence-corrected chi connectivity index (χ3v) is 4.32. The summed E-state index contributed by atoms with van der Waals surface area (Å²) in [5.41, 5.74) is 2.76. The zero-order valence-corrected chi connectivity index (χ0v) is 13.5. The van der Waals surface area contributed by atoms with E-state index in [0.717, 1.165) is 16.7 Å². The molecule has 5 nitrogen and oxygen atoms in total. The molecule has 2 aromatic rings. The van der Waals surface area contributed by atoms with Crippen molar-refractivity contribution in [3.05, 3.63) is 59.2 Å². The number of hydrogen-bond donors (Lipinski definition) is 1. The van der Waals surface area contributed by atoms with E-state index in [1.807, 2.05) is 38.1 Å². The summed E-state index contributed by atoms with van der Waals surface area (Å²) in [6, 6.07) is 12.5. The van der Waals surface area contributed by atoms with E-state index in [4.69, 9.17) is 4.74 Å². The van der Waals surface area contributed by atoms with Gasteiger partial charge in [-0.15, -0.1) is 0 Å². The second kappa shape index (κ2) is 6.62. The Morgan fingerprint density at radius 2 is 1.68 bits per heavy atom. The fourth-order valence-corrected chi connectivity index (χ4v) is 2.91. The zero-order chi connectivity index (χ0) is 16.2. The Labute approximate surface area is 130 Å². The van der Waals surface area contributed by atoms with Gasteiger partial charge in [0.05, 0.1) is 13.3 Å². The lowest BCUT2D eigenvalue weighted by Gasteiger charge is -2.09. The number of hydrazone groups is 1. The maximum atomic E-state index is 12.3. The Morgan fingerprint density at radius 3 is 2.32 bits per heavy atom. The number of nitrogens with zero attached hydrogens (tertiary/aromatic N) is 1. The molecule has 22 heavy (non-hydrogen) atoms. The highest BCUT2D eigenvalue weighted by Gasteiger charge is 2.18. The molecular formula is C16H18N2O3S. The number of rotatable bonds is 5. The topological polar surface area (TPSA) is 67.8 Å². The molecule has 116 valence electrons. The maximum absolute atomic E-state index is 12.3. The summed E-state index contributed by atoms with van der Waals surface area (Å²) in [4.78, 5) is 2.27. The van der Waals surface area contributed by atoms with E-state index < -0.39 is 10.0 Å². The largest absolute Gasteiger partial charge is 0.495 e. The van der Waals surface area contributed by atoms with Crippen molar-refractivity contribution in [3.8, 4) is 5.75 Å². The second-order valence-electron chi connectivity index (χ2n) is 4.92. The van der Waals surface area contributed by atoms with Gasteiger partial charge in [-0.1, -0.05) is 35.9 Å². The molecule has 0 radical (unpaired) electrons. The summed E-state index contributed by atoms with van der Waals surface area (Å²) in [6.07, 6.45) is 1.46. The maximum Gasteiger partial charge on any atom is 0.280 e. The highest BCUT2D eigenvalue weighted by Crippen LogP contribution is 2.24. The van der Waals surface area contributed by atoms with E-state index in [1.54, 1.807) is 18.2 Å². The van der Waals surface area contributed by atoms with Crippen LogP contribution in [0.15, 0.2) is 52.5 Å². The molecule has 1 N–H and O–H groups in total. The third kappa shape index (κ3) is 3.85. The van der Waals surface area contributed by atoms with Gasteiger partial charge in [0, 0.05) is 0 Å². The van der Waals surface area contributed by atoms with Crippen LogP contribution in [0.3, 0.4) is 0 Å². The van der Waals surface area contributed by atoms with E-state index >= 15 is 0 Å². The lowest BCUT2D eigenvalue weighted by Crippen LogP contribution is -2.19. The summed E-state index contributed by atoms with van der Waals surface area (Å²) >= 11 is 0. The molecule has 0 heterocycles. The van der Waals surface area contributed by atoms with Gasteiger partial charge in [-0.25, -0.2) is 0 Å². The smallest absolute Gasteiger partial charge is 0.280 e. The molecule has 0 saturated carbocycles. The van der Waals surface area contributed by atoms with Crippen molar-refractivity contribution in [3.63, 3.8) is 0 Å².